The first-order valence-electron chi connectivity index (χ1n) is 5.82. The first-order valence-corrected chi connectivity index (χ1v) is 7.21. The zero-order valence-electron chi connectivity index (χ0n) is 11.0. The monoisotopic (exact) mass is 282 g/mol. The van der Waals surface area contributed by atoms with Gasteiger partial charge in [-0.25, -0.2) is 9.59 Å². The summed E-state index contributed by atoms with van der Waals surface area (Å²) in [5.41, 5.74) is 6.00. The van der Waals surface area contributed by atoms with Gasteiger partial charge >= 0.3 is 12.0 Å². The van der Waals surface area contributed by atoms with Crippen molar-refractivity contribution in [3.05, 3.63) is 30.3 Å². The van der Waals surface area contributed by atoms with Crippen molar-refractivity contribution in [2.24, 2.45) is 5.73 Å². The van der Waals surface area contributed by atoms with Gasteiger partial charge in [0.1, 0.15) is 6.04 Å². The van der Waals surface area contributed by atoms with Crippen LogP contribution in [0.1, 0.15) is 6.42 Å². The van der Waals surface area contributed by atoms with Gasteiger partial charge in [-0.2, -0.15) is 11.8 Å². The largest absolute Gasteiger partial charge is 0.467 e. The summed E-state index contributed by atoms with van der Waals surface area (Å²) < 4.78 is 4.76. The van der Waals surface area contributed by atoms with E-state index in [9.17, 15) is 9.59 Å². The van der Waals surface area contributed by atoms with Crippen molar-refractivity contribution >= 4 is 29.4 Å². The highest BCUT2D eigenvalue weighted by molar-refractivity contribution is 7.98. The maximum absolute atomic E-state index is 11.9. The van der Waals surface area contributed by atoms with Gasteiger partial charge in [0.2, 0.25) is 0 Å². The summed E-state index contributed by atoms with van der Waals surface area (Å²) >= 11 is 1.60. The number of rotatable bonds is 6. The predicted octanol–water partition coefficient (Wildman–Crippen LogP) is 1.87. The van der Waals surface area contributed by atoms with E-state index >= 15 is 0 Å². The van der Waals surface area contributed by atoms with E-state index in [-0.39, 0.29) is 0 Å². The van der Waals surface area contributed by atoms with Crippen molar-refractivity contribution in [2.45, 2.75) is 12.5 Å². The van der Waals surface area contributed by atoms with E-state index in [2.05, 4.69) is 0 Å². The molecule has 0 radical (unpaired) electrons. The molecule has 0 heterocycles. The number of thioether (sulfide) groups is 1. The van der Waals surface area contributed by atoms with Crippen molar-refractivity contribution in [2.75, 3.05) is 24.0 Å². The van der Waals surface area contributed by atoms with Gasteiger partial charge in [-0.05, 0) is 30.6 Å². The van der Waals surface area contributed by atoms with Gasteiger partial charge in [0.05, 0.1) is 7.11 Å². The molecule has 19 heavy (non-hydrogen) atoms. The number of urea groups is 1. The van der Waals surface area contributed by atoms with E-state index in [0.717, 1.165) is 5.75 Å². The van der Waals surface area contributed by atoms with E-state index in [1.165, 1.54) is 12.0 Å². The Labute approximate surface area is 117 Å². The quantitative estimate of drug-likeness (QED) is 0.808. The summed E-state index contributed by atoms with van der Waals surface area (Å²) in [5.74, 6) is 0.271. The van der Waals surface area contributed by atoms with Crippen molar-refractivity contribution in [1.29, 1.82) is 0 Å². The van der Waals surface area contributed by atoms with Crippen molar-refractivity contribution < 1.29 is 14.3 Å². The molecule has 104 valence electrons. The van der Waals surface area contributed by atoms with Crippen LogP contribution in [0.15, 0.2) is 30.3 Å². The maximum atomic E-state index is 11.9. The lowest BCUT2D eigenvalue weighted by Crippen LogP contribution is -2.48. The topological polar surface area (TPSA) is 72.6 Å². The molecule has 1 rings (SSSR count). The summed E-state index contributed by atoms with van der Waals surface area (Å²) in [4.78, 5) is 24.8. The molecule has 1 aromatic rings. The molecule has 0 aromatic heterocycles. The summed E-state index contributed by atoms with van der Waals surface area (Å²) in [6, 6.07) is 7.51. The number of para-hydroxylation sites is 1. The highest BCUT2D eigenvalue weighted by Gasteiger charge is 2.30. The molecular weight excluding hydrogens is 264 g/mol. The molecule has 0 saturated heterocycles. The number of nitrogens with two attached hydrogens (primary N) is 1. The Morgan fingerprint density at radius 1 is 1.37 bits per heavy atom. The van der Waals surface area contributed by atoms with Crippen LogP contribution in [-0.4, -0.2) is 37.2 Å². The normalized spacial score (nSPS) is 11.7. The number of esters is 1. The summed E-state index contributed by atoms with van der Waals surface area (Å²) in [5, 5.41) is 0. The molecule has 6 heteroatoms. The Hall–Kier alpha value is -1.69. The third-order valence-electron chi connectivity index (χ3n) is 2.65. The van der Waals surface area contributed by atoms with Crippen LogP contribution in [0.5, 0.6) is 0 Å². The van der Waals surface area contributed by atoms with E-state index in [4.69, 9.17) is 10.5 Å². The number of benzene rings is 1. The van der Waals surface area contributed by atoms with Crippen LogP contribution in [-0.2, 0) is 9.53 Å². The number of anilines is 1. The lowest BCUT2D eigenvalue weighted by Gasteiger charge is -2.28. The maximum Gasteiger partial charge on any atom is 0.329 e. The first kappa shape index (κ1) is 15.4. The zero-order chi connectivity index (χ0) is 14.3. The molecule has 0 aliphatic heterocycles. The number of nitrogens with zero attached hydrogens (tertiary/aromatic N) is 1. The number of methoxy groups -OCH3 is 1. The zero-order valence-corrected chi connectivity index (χ0v) is 11.9. The van der Waals surface area contributed by atoms with Gasteiger partial charge in [-0.15, -0.1) is 0 Å². The molecule has 0 bridgehead atoms. The Balaban J connectivity index is 3.05. The highest BCUT2D eigenvalue weighted by atomic mass is 32.2. The lowest BCUT2D eigenvalue weighted by atomic mass is 10.1. The Bertz CT molecular complexity index is 425. The fourth-order valence-electron chi connectivity index (χ4n) is 1.77. The van der Waals surface area contributed by atoms with Crippen molar-refractivity contribution in [3.8, 4) is 0 Å². The molecule has 2 N–H and O–H groups in total. The second-order valence-electron chi connectivity index (χ2n) is 3.86. The molecule has 5 nitrogen and oxygen atoms in total. The fourth-order valence-corrected chi connectivity index (χ4v) is 2.23. The van der Waals surface area contributed by atoms with E-state index < -0.39 is 18.0 Å². The predicted molar refractivity (Wildman–Crippen MR) is 77.3 cm³/mol. The highest BCUT2D eigenvalue weighted by Crippen LogP contribution is 2.20. The van der Waals surface area contributed by atoms with Gasteiger partial charge in [0.15, 0.2) is 0 Å². The number of hydrogen-bond donors (Lipinski definition) is 1. The average Bonchev–Trinajstić information content (AvgIpc) is 2.43. The summed E-state index contributed by atoms with van der Waals surface area (Å²) in [6.45, 7) is 0. The van der Waals surface area contributed by atoms with Gasteiger partial charge in [-0.3, -0.25) is 4.90 Å². The van der Waals surface area contributed by atoms with E-state index in [1.54, 1.807) is 36.0 Å². The van der Waals surface area contributed by atoms with E-state index in [1.807, 2.05) is 12.3 Å². The minimum atomic E-state index is -0.697. The molecular formula is C13H18N2O3S. The molecule has 0 saturated carbocycles. The SMILES string of the molecule is COC(=O)[C@H](CCSC)N(C(N)=O)c1ccccc1. The van der Waals surface area contributed by atoms with Gasteiger partial charge < -0.3 is 10.5 Å². The van der Waals surface area contributed by atoms with Crippen LogP contribution in [0, 0.1) is 0 Å². The summed E-state index contributed by atoms with van der Waals surface area (Å²) in [7, 11) is 1.30. The van der Waals surface area contributed by atoms with Crippen molar-refractivity contribution in [1.82, 2.24) is 0 Å². The van der Waals surface area contributed by atoms with Crippen LogP contribution in [0.3, 0.4) is 0 Å². The van der Waals surface area contributed by atoms with Crippen LogP contribution < -0.4 is 10.6 Å². The average molecular weight is 282 g/mol. The van der Waals surface area contributed by atoms with Crippen LogP contribution in [0.25, 0.3) is 0 Å². The minimum Gasteiger partial charge on any atom is -0.467 e. The number of ether oxygens (including phenoxy) is 1. The standard InChI is InChI=1S/C13H18N2O3S/c1-18-12(16)11(8-9-19-2)15(13(14)17)10-6-4-3-5-7-10/h3-7,11H,8-9H2,1-2H3,(H2,14,17)/t11-/m0/s1. The minimum absolute atomic E-state index is 0.461. The number of hydrogen-bond acceptors (Lipinski definition) is 4. The third kappa shape index (κ3) is 4.17. The summed E-state index contributed by atoms with van der Waals surface area (Å²) in [6.07, 6.45) is 2.43. The van der Waals surface area contributed by atoms with Gasteiger partial charge in [-0.1, -0.05) is 18.2 Å². The number of primary amides is 1. The Morgan fingerprint density at radius 3 is 2.47 bits per heavy atom. The molecule has 0 aliphatic rings. The fraction of sp³-hybridized carbons (Fsp3) is 0.385. The molecule has 0 fully saturated rings. The molecule has 2 amide bonds. The van der Waals surface area contributed by atoms with E-state index in [0.29, 0.717) is 12.1 Å². The second kappa shape index (κ2) is 7.68. The van der Waals surface area contributed by atoms with Crippen LogP contribution in [0.4, 0.5) is 10.5 Å². The number of carbonyl (C=O) groups excluding carboxylic acids is 2. The molecule has 1 aromatic carbocycles. The van der Waals surface area contributed by atoms with Gasteiger partial charge in [0.25, 0.3) is 0 Å². The first-order chi connectivity index (χ1) is 9.11. The number of carbonyl (C=O) groups is 2. The molecule has 0 aliphatic carbocycles. The second-order valence-corrected chi connectivity index (χ2v) is 4.85. The smallest absolute Gasteiger partial charge is 0.329 e. The Morgan fingerprint density at radius 2 is 2.00 bits per heavy atom. The van der Waals surface area contributed by atoms with Crippen LogP contribution in [0.2, 0.25) is 0 Å². The number of amides is 2. The molecule has 0 spiro atoms. The Kier molecular flexibility index (Phi) is 6.21. The van der Waals surface area contributed by atoms with Crippen LogP contribution >= 0.6 is 11.8 Å². The van der Waals surface area contributed by atoms with Crippen molar-refractivity contribution in [3.63, 3.8) is 0 Å². The molecule has 1 atom stereocenters. The lowest BCUT2D eigenvalue weighted by molar-refractivity contribution is -0.142. The van der Waals surface area contributed by atoms with Gasteiger partial charge in [0, 0.05) is 5.69 Å². The third-order valence-corrected chi connectivity index (χ3v) is 3.30. The molecule has 0 unspecified atom stereocenters.